The number of carbonyl (C=O) groups excluding carboxylic acids is 2. The number of rotatable bonds is 8. The summed E-state index contributed by atoms with van der Waals surface area (Å²) in [7, 11) is 0. The quantitative estimate of drug-likeness (QED) is 0.703. The second-order valence-electron chi connectivity index (χ2n) is 8.03. The number of nitrogens with one attached hydrogen (secondary N) is 1. The van der Waals surface area contributed by atoms with Gasteiger partial charge >= 0.3 is 0 Å². The molecule has 0 saturated heterocycles. The van der Waals surface area contributed by atoms with E-state index in [-0.39, 0.29) is 18.2 Å². The van der Waals surface area contributed by atoms with Crippen molar-refractivity contribution in [3.63, 3.8) is 0 Å². The Morgan fingerprint density at radius 3 is 2.27 bits per heavy atom. The Labute approximate surface area is 176 Å². The van der Waals surface area contributed by atoms with Crippen molar-refractivity contribution in [3.05, 3.63) is 65.7 Å². The second kappa shape index (κ2) is 10.2. The van der Waals surface area contributed by atoms with Crippen molar-refractivity contribution in [1.29, 1.82) is 0 Å². The number of ether oxygens (including phenoxy) is 1. The normalized spacial score (nSPS) is 12.2. The number of hydrogen-bond acceptors (Lipinski definition) is 3. The molecular weight excluding hydrogens is 390 g/mol. The lowest BCUT2D eigenvalue weighted by Gasteiger charge is -2.33. The molecule has 1 atom stereocenters. The van der Waals surface area contributed by atoms with Crippen molar-refractivity contribution in [2.75, 3.05) is 6.61 Å². The molecule has 0 aliphatic heterocycles. The van der Waals surface area contributed by atoms with Gasteiger partial charge in [0, 0.05) is 12.1 Å². The summed E-state index contributed by atoms with van der Waals surface area (Å²) in [5, 5.41) is 2.89. The van der Waals surface area contributed by atoms with Gasteiger partial charge in [-0.25, -0.2) is 8.78 Å². The Balaban J connectivity index is 2.24. The summed E-state index contributed by atoms with van der Waals surface area (Å²) in [6.45, 7) is 7.02. The molecule has 2 rings (SSSR count). The minimum Gasteiger partial charge on any atom is -0.481 e. The summed E-state index contributed by atoms with van der Waals surface area (Å²) in [4.78, 5) is 27.2. The molecule has 7 heteroatoms. The molecule has 162 valence electrons. The molecule has 0 bridgehead atoms. The zero-order chi connectivity index (χ0) is 22.3. The molecule has 0 aliphatic carbocycles. The average molecular weight is 418 g/mol. The van der Waals surface area contributed by atoms with Crippen molar-refractivity contribution in [2.24, 2.45) is 0 Å². The van der Waals surface area contributed by atoms with E-state index in [1.54, 1.807) is 25.1 Å². The molecule has 2 amide bonds. The topological polar surface area (TPSA) is 58.6 Å². The van der Waals surface area contributed by atoms with Crippen LogP contribution in [0.3, 0.4) is 0 Å². The van der Waals surface area contributed by atoms with Gasteiger partial charge in [0.1, 0.15) is 11.9 Å². The molecule has 2 aromatic rings. The van der Waals surface area contributed by atoms with E-state index >= 15 is 0 Å². The summed E-state index contributed by atoms with van der Waals surface area (Å²) >= 11 is 0. The number of benzene rings is 2. The van der Waals surface area contributed by atoms with Gasteiger partial charge < -0.3 is 15.0 Å². The van der Waals surface area contributed by atoms with Gasteiger partial charge in [-0.3, -0.25) is 9.59 Å². The third kappa shape index (κ3) is 6.83. The lowest BCUT2D eigenvalue weighted by molar-refractivity contribution is -0.143. The van der Waals surface area contributed by atoms with Crippen LogP contribution in [0.2, 0.25) is 0 Å². The number of amides is 2. The minimum atomic E-state index is -0.758. The van der Waals surface area contributed by atoms with Gasteiger partial charge in [0.15, 0.2) is 18.2 Å². The molecule has 0 radical (unpaired) electrons. The smallest absolute Gasteiger partial charge is 0.261 e. The second-order valence-corrected chi connectivity index (χ2v) is 8.03. The summed E-state index contributed by atoms with van der Waals surface area (Å²) in [5.74, 6) is -1.78. The lowest BCUT2D eigenvalue weighted by Crippen LogP contribution is -2.54. The molecule has 0 aromatic heterocycles. The third-order valence-electron chi connectivity index (χ3n) is 4.34. The summed E-state index contributed by atoms with van der Waals surface area (Å²) < 4.78 is 32.4. The number of nitrogens with zero attached hydrogens (tertiary/aromatic N) is 1. The van der Waals surface area contributed by atoms with Crippen molar-refractivity contribution in [3.8, 4) is 5.75 Å². The Morgan fingerprint density at radius 1 is 1.07 bits per heavy atom. The van der Waals surface area contributed by atoms with E-state index in [0.29, 0.717) is 12.0 Å². The zero-order valence-electron chi connectivity index (χ0n) is 17.7. The van der Waals surface area contributed by atoms with Crippen LogP contribution >= 0.6 is 0 Å². The van der Waals surface area contributed by atoms with Crippen molar-refractivity contribution < 1.29 is 23.1 Å². The van der Waals surface area contributed by atoms with Crippen LogP contribution in [0.15, 0.2) is 48.5 Å². The van der Waals surface area contributed by atoms with Crippen molar-refractivity contribution >= 4 is 11.8 Å². The largest absolute Gasteiger partial charge is 0.481 e. The highest BCUT2D eigenvalue weighted by molar-refractivity contribution is 5.88. The fraction of sp³-hybridized carbons (Fsp3) is 0.391. The predicted octanol–water partition coefficient (Wildman–Crippen LogP) is 4.07. The lowest BCUT2D eigenvalue weighted by atomic mass is 10.1. The molecule has 0 saturated carbocycles. The van der Waals surface area contributed by atoms with Crippen LogP contribution < -0.4 is 10.1 Å². The molecule has 5 nitrogen and oxygen atoms in total. The monoisotopic (exact) mass is 418 g/mol. The molecule has 2 aromatic carbocycles. The third-order valence-corrected chi connectivity index (χ3v) is 4.34. The van der Waals surface area contributed by atoms with E-state index in [4.69, 9.17) is 4.74 Å². The van der Waals surface area contributed by atoms with E-state index in [0.717, 1.165) is 0 Å². The van der Waals surface area contributed by atoms with E-state index in [9.17, 15) is 18.4 Å². The van der Waals surface area contributed by atoms with Crippen LogP contribution in [0.4, 0.5) is 8.78 Å². The molecule has 0 unspecified atom stereocenters. The molecule has 0 fully saturated rings. The first-order valence-corrected chi connectivity index (χ1v) is 9.84. The molecule has 1 N–H and O–H groups in total. The van der Waals surface area contributed by atoms with Gasteiger partial charge in [-0.2, -0.15) is 0 Å². The zero-order valence-corrected chi connectivity index (χ0v) is 17.7. The van der Waals surface area contributed by atoms with Gasteiger partial charge in [0.05, 0.1) is 0 Å². The molecule has 30 heavy (non-hydrogen) atoms. The van der Waals surface area contributed by atoms with E-state index < -0.39 is 35.7 Å². The number of hydrogen-bond donors (Lipinski definition) is 1. The average Bonchev–Trinajstić information content (AvgIpc) is 2.67. The first-order chi connectivity index (χ1) is 14.1. The fourth-order valence-electron chi connectivity index (χ4n) is 2.94. The molecule has 0 aliphatic rings. The predicted molar refractivity (Wildman–Crippen MR) is 111 cm³/mol. The van der Waals surface area contributed by atoms with E-state index in [2.05, 4.69) is 5.32 Å². The fourth-order valence-corrected chi connectivity index (χ4v) is 2.94. The SMILES string of the molecule is CC[C@@H](C(=O)NC(C)(C)C)N(Cc1ccc(F)cc1)C(=O)COc1ccccc1F. The van der Waals surface area contributed by atoms with Crippen LogP contribution in [-0.4, -0.2) is 34.9 Å². The summed E-state index contributed by atoms with van der Waals surface area (Å²) in [6, 6.07) is 10.7. The number of carbonyl (C=O) groups is 2. The van der Waals surface area contributed by atoms with Crippen molar-refractivity contribution in [2.45, 2.75) is 52.2 Å². The first-order valence-electron chi connectivity index (χ1n) is 9.84. The van der Waals surface area contributed by atoms with Crippen LogP contribution in [0.5, 0.6) is 5.75 Å². The highest BCUT2D eigenvalue weighted by Crippen LogP contribution is 2.18. The van der Waals surface area contributed by atoms with Crippen LogP contribution in [-0.2, 0) is 16.1 Å². The highest BCUT2D eigenvalue weighted by atomic mass is 19.1. The maximum Gasteiger partial charge on any atom is 0.261 e. The van der Waals surface area contributed by atoms with Crippen LogP contribution in [0, 0.1) is 11.6 Å². The van der Waals surface area contributed by atoms with Gasteiger partial charge in [0.2, 0.25) is 5.91 Å². The highest BCUT2D eigenvalue weighted by Gasteiger charge is 2.31. The summed E-state index contributed by atoms with van der Waals surface area (Å²) in [6.07, 6.45) is 0.370. The van der Waals surface area contributed by atoms with Gasteiger partial charge in [0.25, 0.3) is 5.91 Å². The number of halogens is 2. The van der Waals surface area contributed by atoms with Crippen molar-refractivity contribution in [1.82, 2.24) is 10.2 Å². The van der Waals surface area contributed by atoms with E-state index in [1.165, 1.54) is 35.2 Å². The maximum atomic E-state index is 13.8. The Morgan fingerprint density at radius 2 is 1.70 bits per heavy atom. The minimum absolute atomic E-state index is 0.0419. The van der Waals surface area contributed by atoms with Crippen LogP contribution in [0.1, 0.15) is 39.7 Å². The Kier molecular flexibility index (Phi) is 7.92. The Hall–Kier alpha value is -2.96. The summed E-state index contributed by atoms with van der Waals surface area (Å²) in [5.41, 5.74) is 0.191. The molecule has 0 heterocycles. The first kappa shape index (κ1) is 23.3. The Bertz CT molecular complexity index is 863. The van der Waals surface area contributed by atoms with Gasteiger partial charge in [-0.1, -0.05) is 31.2 Å². The molecular formula is C23H28F2N2O3. The maximum absolute atomic E-state index is 13.8. The van der Waals surface area contributed by atoms with Gasteiger partial charge in [-0.15, -0.1) is 0 Å². The standard InChI is InChI=1S/C23H28F2N2O3/c1-5-19(22(29)26-23(2,3)4)27(14-16-10-12-17(24)13-11-16)21(28)15-30-20-9-7-6-8-18(20)25/h6-13,19H,5,14-15H2,1-4H3,(H,26,29)/t19-/m0/s1. The number of para-hydroxylation sites is 1. The molecule has 0 spiro atoms. The van der Waals surface area contributed by atoms with Crippen LogP contribution in [0.25, 0.3) is 0 Å². The van der Waals surface area contributed by atoms with Gasteiger partial charge in [-0.05, 0) is 57.0 Å². The van der Waals surface area contributed by atoms with E-state index in [1.807, 2.05) is 20.8 Å².